The van der Waals surface area contributed by atoms with Gasteiger partial charge in [0, 0.05) is 18.7 Å². The summed E-state index contributed by atoms with van der Waals surface area (Å²) in [6.45, 7) is 2.20. The summed E-state index contributed by atoms with van der Waals surface area (Å²) >= 11 is 0. The number of benzene rings is 1. The lowest BCUT2D eigenvalue weighted by Gasteiger charge is -2.33. The third-order valence-electron chi connectivity index (χ3n) is 4.73. The minimum Gasteiger partial charge on any atom is -0.355 e. The summed E-state index contributed by atoms with van der Waals surface area (Å²) in [7, 11) is 0. The van der Waals surface area contributed by atoms with E-state index >= 15 is 0 Å². The topological polar surface area (TPSA) is 29.0 Å². The van der Waals surface area contributed by atoms with Gasteiger partial charge in [-0.3, -0.25) is 0 Å². The van der Waals surface area contributed by atoms with Crippen LogP contribution in [0.4, 0.5) is 10.2 Å². The van der Waals surface area contributed by atoms with Gasteiger partial charge < -0.3 is 4.90 Å². The molecule has 1 aromatic carbocycles. The van der Waals surface area contributed by atoms with Crippen LogP contribution < -0.4 is 4.90 Å². The van der Waals surface area contributed by atoms with E-state index < -0.39 is 0 Å². The summed E-state index contributed by atoms with van der Waals surface area (Å²) in [6, 6.07) is 10.4. The van der Waals surface area contributed by atoms with Crippen molar-refractivity contribution < 1.29 is 4.39 Å². The summed E-state index contributed by atoms with van der Waals surface area (Å²) < 4.78 is 12.9. The van der Waals surface area contributed by atoms with Gasteiger partial charge in [-0.2, -0.15) is 0 Å². The number of nitrogens with zero attached hydrogens (tertiary/aromatic N) is 3. The molecule has 2 aliphatic rings. The van der Waals surface area contributed by atoms with Crippen LogP contribution in [-0.4, -0.2) is 23.3 Å². The Morgan fingerprint density at radius 1 is 0.952 bits per heavy atom. The standard InChI is InChI=1S/C17H18FN3/c18-14-4-2-13(3-5-14)15-6-7-16(20-19-15)21-11-1-8-17(12-21)9-10-17/h2-7H,1,8-12H2. The number of anilines is 1. The summed E-state index contributed by atoms with van der Waals surface area (Å²) in [4.78, 5) is 2.36. The lowest BCUT2D eigenvalue weighted by atomic mass is 9.95. The molecule has 1 saturated heterocycles. The fourth-order valence-corrected chi connectivity index (χ4v) is 3.26. The number of aromatic nitrogens is 2. The lowest BCUT2D eigenvalue weighted by molar-refractivity contribution is 0.393. The zero-order chi connectivity index (χ0) is 14.3. The van der Waals surface area contributed by atoms with Gasteiger partial charge in [0.1, 0.15) is 5.82 Å². The maximum absolute atomic E-state index is 12.9. The van der Waals surface area contributed by atoms with Crippen LogP contribution in [0.1, 0.15) is 25.7 Å². The molecular formula is C17H18FN3. The molecule has 4 heteroatoms. The monoisotopic (exact) mass is 283 g/mol. The van der Waals surface area contributed by atoms with Crippen molar-refractivity contribution in [2.24, 2.45) is 5.41 Å². The maximum Gasteiger partial charge on any atom is 0.151 e. The summed E-state index contributed by atoms with van der Waals surface area (Å²) in [5.74, 6) is 0.734. The van der Waals surface area contributed by atoms with Crippen LogP contribution in [0.25, 0.3) is 11.3 Å². The first-order valence-corrected chi connectivity index (χ1v) is 7.59. The molecule has 0 radical (unpaired) electrons. The Morgan fingerprint density at radius 3 is 2.43 bits per heavy atom. The molecule has 0 amide bonds. The molecule has 21 heavy (non-hydrogen) atoms. The van der Waals surface area contributed by atoms with Crippen LogP contribution in [0.15, 0.2) is 36.4 Å². The molecule has 0 N–H and O–H groups in total. The van der Waals surface area contributed by atoms with E-state index in [2.05, 4.69) is 15.1 Å². The van der Waals surface area contributed by atoms with E-state index in [0.717, 1.165) is 30.2 Å². The Balaban J connectivity index is 1.54. The van der Waals surface area contributed by atoms with Gasteiger partial charge in [0.05, 0.1) is 5.69 Å². The number of rotatable bonds is 2. The van der Waals surface area contributed by atoms with Gasteiger partial charge in [0.15, 0.2) is 5.82 Å². The van der Waals surface area contributed by atoms with Crippen molar-refractivity contribution in [1.82, 2.24) is 10.2 Å². The Hall–Kier alpha value is -1.97. The number of piperidine rings is 1. The summed E-state index contributed by atoms with van der Waals surface area (Å²) in [5, 5.41) is 8.68. The Labute approximate surface area is 123 Å². The van der Waals surface area contributed by atoms with Crippen LogP contribution in [0.2, 0.25) is 0 Å². The highest BCUT2D eigenvalue weighted by Crippen LogP contribution is 2.52. The van der Waals surface area contributed by atoms with Gasteiger partial charge in [-0.15, -0.1) is 10.2 Å². The van der Waals surface area contributed by atoms with Crippen LogP contribution in [0, 0.1) is 11.2 Å². The summed E-state index contributed by atoms with van der Waals surface area (Å²) in [6.07, 6.45) is 5.35. The molecule has 2 aromatic rings. The fourth-order valence-electron chi connectivity index (χ4n) is 3.26. The SMILES string of the molecule is Fc1ccc(-c2ccc(N3CCCC4(CC4)C3)nn2)cc1. The molecule has 0 bridgehead atoms. The van der Waals surface area contributed by atoms with Crippen molar-refractivity contribution in [3.8, 4) is 11.3 Å². The predicted octanol–water partition coefficient (Wildman–Crippen LogP) is 3.66. The van der Waals surface area contributed by atoms with Gasteiger partial charge in [0.2, 0.25) is 0 Å². The van der Waals surface area contributed by atoms with E-state index in [1.54, 1.807) is 12.1 Å². The minimum absolute atomic E-state index is 0.230. The van der Waals surface area contributed by atoms with Crippen molar-refractivity contribution in [1.29, 1.82) is 0 Å². The van der Waals surface area contributed by atoms with E-state index in [4.69, 9.17) is 0 Å². The van der Waals surface area contributed by atoms with Gasteiger partial charge in [-0.1, -0.05) is 0 Å². The van der Waals surface area contributed by atoms with Crippen LogP contribution in [0.3, 0.4) is 0 Å². The predicted molar refractivity (Wildman–Crippen MR) is 80.5 cm³/mol. The highest BCUT2D eigenvalue weighted by Gasteiger charge is 2.45. The molecule has 3 nitrogen and oxygen atoms in total. The lowest BCUT2D eigenvalue weighted by Crippen LogP contribution is -2.37. The van der Waals surface area contributed by atoms with Crippen LogP contribution in [-0.2, 0) is 0 Å². The van der Waals surface area contributed by atoms with Crippen molar-refractivity contribution in [3.63, 3.8) is 0 Å². The Kier molecular flexibility index (Phi) is 2.91. The maximum atomic E-state index is 12.9. The molecule has 0 unspecified atom stereocenters. The van der Waals surface area contributed by atoms with Gasteiger partial charge in [0.25, 0.3) is 0 Å². The largest absolute Gasteiger partial charge is 0.355 e. The minimum atomic E-state index is -0.230. The molecule has 1 aromatic heterocycles. The highest BCUT2D eigenvalue weighted by molar-refractivity contribution is 5.59. The second-order valence-corrected chi connectivity index (χ2v) is 6.31. The first-order valence-electron chi connectivity index (χ1n) is 7.59. The van der Waals surface area contributed by atoms with E-state index in [1.807, 2.05) is 12.1 Å². The molecule has 0 atom stereocenters. The van der Waals surface area contributed by atoms with Gasteiger partial charge in [-0.05, 0) is 67.5 Å². The number of halogens is 1. The molecular weight excluding hydrogens is 265 g/mol. The van der Waals surface area contributed by atoms with Crippen molar-refractivity contribution >= 4 is 5.82 Å². The second kappa shape index (κ2) is 4.79. The van der Waals surface area contributed by atoms with Crippen LogP contribution in [0.5, 0.6) is 0 Å². The average Bonchev–Trinajstić information content (AvgIpc) is 3.27. The van der Waals surface area contributed by atoms with Crippen molar-refractivity contribution in [2.75, 3.05) is 18.0 Å². The molecule has 2 heterocycles. The molecule has 1 aliphatic heterocycles. The highest BCUT2D eigenvalue weighted by atomic mass is 19.1. The first kappa shape index (κ1) is 12.7. The van der Waals surface area contributed by atoms with Gasteiger partial charge >= 0.3 is 0 Å². The quantitative estimate of drug-likeness (QED) is 0.842. The smallest absolute Gasteiger partial charge is 0.151 e. The van der Waals surface area contributed by atoms with Gasteiger partial charge in [-0.25, -0.2) is 4.39 Å². The molecule has 108 valence electrons. The van der Waals surface area contributed by atoms with Crippen molar-refractivity contribution in [3.05, 3.63) is 42.2 Å². The average molecular weight is 283 g/mol. The van der Waals surface area contributed by atoms with E-state index in [1.165, 1.54) is 37.8 Å². The number of hydrogen-bond acceptors (Lipinski definition) is 3. The molecule has 4 rings (SSSR count). The Bertz CT molecular complexity index is 632. The molecule has 1 spiro atoms. The molecule has 2 fully saturated rings. The molecule has 1 aliphatic carbocycles. The second-order valence-electron chi connectivity index (χ2n) is 6.31. The third-order valence-corrected chi connectivity index (χ3v) is 4.73. The van der Waals surface area contributed by atoms with Crippen molar-refractivity contribution in [2.45, 2.75) is 25.7 Å². The zero-order valence-electron chi connectivity index (χ0n) is 11.9. The fraction of sp³-hybridized carbons (Fsp3) is 0.412. The number of hydrogen-bond donors (Lipinski definition) is 0. The first-order chi connectivity index (χ1) is 10.2. The third kappa shape index (κ3) is 2.50. The zero-order valence-corrected chi connectivity index (χ0v) is 11.9. The van der Waals surface area contributed by atoms with Crippen LogP contribution >= 0.6 is 0 Å². The van der Waals surface area contributed by atoms with E-state index in [-0.39, 0.29) is 5.82 Å². The van der Waals surface area contributed by atoms with E-state index in [0.29, 0.717) is 5.41 Å². The van der Waals surface area contributed by atoms with E-state index in [9.17, 15) is 4.39 Å². The Morgan fingerprint density at radius 2 is 1.76 bits per heavy atom. The normalized spacial score (nSPS) is 19.8. The summed E-state index contributed by atoms with van der Waals surface area (Å²) in [5.41, 5.74) is 2.26. The molecule has 1 saturated carbocycles.